The fourth-order valence-electron chi connectivity index (χ4n) is 2.17. The van der Waals surface area contributed by atoms with Crippen LogP contribution in [-0.2, 0) is 11.3 Å². The number of para-hydroxylation sites is 1. The van der Waals surface area contributed by atoms with Gasteiger partial charge in [-0.15, -0.1) is 0 Å². The van der Waals surface area contributed by atoms with E-state index >= 15 is 0 Å². The number of imide groups is 1. The van der Waals surface area contributed by atoms with Crippen molar-refractivity contribution < 1.29 is 18.9 Å². The van der Waals surface area contributed by atoms with Crippen molar-refractivity contribution in [3.05, 3.63) is 66.0 Å². The Hall–Kier alpha value is -2.73. The lowest BCUT2D eigenvalue weighted by Gasteiger charge is -2.13. The SMILES string of the molecule is C[NH+](CC(=O)NC(=O)Nc1ccccc1F)Cc1ccccc1. The monoisotopic (exact) mass is 316 g/mol. The minimum atomic E-state index is -0.743. The van der Waals surface area contributed by atoms with Gasteiger partial charge in [0.1, 0.15) is 12.4 Å². The number of hydrogen-bond acceptors (Lipinski definition) is 2. The average molecular weight is 316 g/mol. The Bertz CT molecular complexity index is 677. The van der Waals surface area contributed by atoms with Gasteiger partial charge in [0.15, 0.2) is 6.54 Å². The van der Waals surface area contributed by atoms with E-state index in [2.05, 4.69) is 10.6 Å². The highest BCUT2D eigenvalue weighted by Gasteiger charge is 2.14. The van der Waals surface area contributed by atoms with E-state index in [9.17, 15) is 14.0 Å². The van der Waals surface area contributed by atoms with Gasteiger partial charge >= 0.3 is 6.03 Å². The maximum Gasteiger partial charge on any atom is 0.326 e. The fourth-order valence-corrected chi connectivity index (χ4v) is 2.17. The van der Waals surface area contributed by atoms with Gasteiger partial charge in [-0.3, -0.25) is 10.1 Å². The molecule has 0 saturated carbocycles. The molecule has 0 aliphatic rings. The van der Waals surface area contributed by atoms with Crippen molar-refractivity contribution in [1.29, 1.82) is 0 Å². The summed E-state index contributed by atoms with van der Waals surface area (Å²) in [5.74, 6) is -0.978. The van der Waals surface area contributed by atoms with E-state index < -0.39 is 17.8 Å². The molecule has 1 unspecified atom stereocenters. The predicted molar refractivity (Wildman–Crippen MR) is 85.5 cm³/mol. The highest BCUT2D eigenvalue weighted by Crippen LogP contribution is 2.11. The molecular formula is C17H19FN3O2+. The second-order valence-corrected chi connectivity index (χ2v) is 5.28. The molecule has 0 fully saturated rings. The van der Waals surface area contributed by atoms with Gasteiger partial charge in [-0.2, -0.15) is 0 Å². The molecule has 5 nitrogen and oxygen atoms in total. The normalized spacial score (nSPS) is 11.6. The summed E-state index contributed by atoms with van der Waals surface area (Å²) in [6, 6.07) is 14.8. The molecule has 0 aliphatic heterocycles. The van der Waals surface area contributed by atoms with Crippen LogP contribution >= 0.6 is 0 Å². The second kappa shape index (κ2) is 8.05. The predicted octanol–water partition coefficient (Wildman–Crippen LogP) is 1.19. The maximum absolute atomic E-state index is 13.4. The fraction of sp³-hybridized carbons (Fsp3) is 0.176. The van der Waals surface area contributed by atoms with Gasteiger partial charge in [-0.1, -0.05) is 42.5 Å². The van der Waals surface area contributed by atoms with Crippen LogP contribution in [0.25, 0.3) is 0 Å². The van der Waals surface area contributed by atoms with Gasteiger partial charge in [-0.05, 0) is 12.1 Å². The third-order valence-electron chi connectivity index (χ3n) is 3.19. The van der Waals surface area contributed by atoms with Gasteiger partial charge in [0.25, 0.3) is 5.91 Å². The Morgan fingerprint density at radius 1 is 1.04 bits per heavy atom. The molecule has 0 saturated heterocycles. The van der Waals surface area contributed by atoms with Crippen molar-refractivity contribution in [3.63, 3.8) is 0 Å². The first-order valence-corrected chi connectivity index (χ1v) is 7.25. The first-order valence-electron chi connectivity index (χ1n) is 7.25. The summed E-state index contributed by atoms with van der Waals surface area (Å²) < 4.78 is 13.4. The van der Waals surface area contributed by atoms with Crippen molar-refractivity contribution in [1.82, 2.24) is 5.32 Å². The number of carbonyl (C=O) groups is 2. The van der Waals surface area contributed by atoms with Crippen LogP contribution in [0.5, 0.6) is 0 Å². The summed E-state index contributed by atoms with van der Waals surface area (Å²) in [6.45, 7) is 0.808. The molecule has 6 heteroatoms. The first-order chi connectivity index (χ1) is 11.0. The summed E-state index contributed by atoms with van der Waals surface area (Å²) in [7, 11) is 1.86. The van der Waals surface area contributed by atoms with Gasteiger partial charge in [0.2, 0.25) is 0 Å². The Kier molecular flexibility index (Phi) is 5.82. The molecular weight excluding hydrogens is 297 g/mol. The highest BCUT2D eigenvalue weighted by molar-refractivity contribution is 6.01. The van der Waals surface area contributed by atoms with Crippen molar-refractivity contribution in [2.45, 2.75) is 6.54 Å². The van der Waals surface area contributed by atoms with E-state index in [0.717, 1.165) is 10.5 Å². The molecule has 3 N–H and O–H groups in total. The van der Waals surface area contributed by atoms with E-state index in [1.165, 1.54) is 18.2 Å². The van der Waals surface area contributed by atoms with Crippen LogP contribution in [-0.4, -0.2) is 25.5 Å². The molecule has 23 heavy (non-hydrogen) atoms. The van der Waals surface area contributed by atoms with Gasteiger partial charge < -0.3 is 10.2 Å². The van der Waals surface area contributed by atoms with Crippen LogP contribution in [0.3, 0.4) is 0 Å². The zero-order valence-corrected chi connectivity index (χ0v) is 12.8. The van der Waals surface area contributed by atoms with E-state index in [0.29, 0.717) is 6.54 Å². The maximum atomic E-state index is 13.4. The van der Waals surface area contributed by atoms with Gasteiger partial charge in [0.05, 0.1) is 12.7 Å². The molecule has 2 aromatic carbocycles. The third-order valence-corrected chi connectivity index (χ3v) is 3.19. The summed E-state index contributed by atoms with van der Waals surface area (Å²) in [5.41, 5.74) is 1.14. The van der Waals surface area contributed by atoms with E-state index in [1.54, 1.807) is 6.07 Å². The Balaban J connectivity index is 1.80. The average Bonchev–Trinajstić information content (AvgIpc) is 2.50. The Labute approximate surface area is 134 Å². The molecule has 120 valence electrons. The van der Waals surface area contributed by atoms with E-state index in [-0.39, 0.29) is 12.2 Å². The lowest BCUT2D eigenvalue weighted by Crippen LogP contribution is -3.09. The highest BCUT2D eigenvalue weighted by atomic mass is 19.1. The summed E-state index contributed by atoms with van der Waals surface area (Å²) in [5, 5.41) is 4.50. The Morgan fingerprint density at radius 3 is 2.39 bits per heavy atom. The molecule has 0 bridgehead atoms. The van der Waals surface area contributed by atoms with Crippen LogP contribution in [0.2, 0.25) is 0 Å². The van der Waals surface area contributed by atoms with Crippen molar-refractivity contribution in [2.75, 3.05) is 18.9 Å². The first kappa shape index (κ1) is 16.6. The van der Waals surface area contributed by atoms with Gasteiger partial charge in [-0.25, -0.2) is 9.18 Å². The second-order valence-electron chi connectivity index (χ2n) is 5.28. The quantitative estimate of drug-likeness (QED) is 0.776. The number of carbonyl (C=O) groups excluding carboxylic acids is 2. The van der Waals surface area contributed by atoms with Crippen LogP contribution in [0, 0.1) is 5.82 Å². The Morgan fingerprint density at radius 2 is 1.70 bits per heavy atom. The summed E-state index contributed by atoms with van der Waals surface area (Å²) in [4.78, 5) is 24.5. The number of benzene rings is 2. The van der Waals surface area contributed by atoms with E-state index in [4.69, 9.17) is 0 Å². The molecule has 0 aromatic heterocycles. The number of likely N-dealkylation sites (N-methyl/N-ethyl adjacent to an activating group) is 1. The number of quaternary nitrogens is 1. The lowest BCUT2D eigenvalue weighted by atomic mass is 10.2. The number of anilines is 1. The van der Waals surface area contributed by atoms with Crippen molar-refractivity contribution in [3.8, 4) is 0 Å². The van der Waals surface area contributed by atoms with Crippen molar-refractivity contribution in [2.24, 2.45) is 0 Å². The molecule has 3 amide bonds. The topological polar surface area (TPSA) is 62.6 Å². The molecule has 2 rings (SSSR count). The van der Waals surface area contributed by atoms with Crippen LogP contribution in [0.15, 0.2) is 54.6 Å². The number of amides is 3. The minimum absolute atomic E-state index is 0.0304. The molecule has 2 aromatic rings. The zero-order chi connectivity index (χ0) is 16.7. The molecule has 0 spiro atoms. The number of urea groups is 1. The molecule has 0 radical (unpaired) electrons. The zero-order valence-electron chi connectivity index (χ0n) is 12.8. The summed E-state index contributed by atoms with van der Waals surface area (Å²) in [6.07, 6.45) is 0. The lowest BCUT2D eigenvalue weighted by molar-refractivity contribution is -0.885. The van der Waals surface area contributed by atoms with E-state index in [1.807, 2.05) is 37.4 Å². The van der Waals surface area contributed by atoms with Crippen LogP contribution in [0.4, 0.5) is 14.9 Å². The summed E-state index contributed by atoms with van der Waals surface area (Å²) >= 11 is 0. The van der Waals surface area contributed by atoms with Crippen LogP contribution < -0.4 is 15.5 Å². The smallest absolute Gasteiger partial charge is 0.326 e. The number of nitrogens with one attached hydrogen (secondary N) is 3. The standard InChI is InChI=1S/C17H18FN3O2/c1-21(11-13-7-3-2-4-8-13)12-16(22)20-17(23)19-15-10-6-5-9-14(15)18/h2-10H,11-12H2,1H3,(H2,19,20,22,23)/p+1. The largest absolute Gasteiger partial charge is 0.326 e. The molecule has 0 aliphatic carbocycles. The number of halogens is 1. The van der Waals surface area contributed by atoms with Crippen LogP contribution in [0.1, 0.15) is 5.56 Å². The number of hydrogen-bond donors (Lipinski definition) is 3. The van der Waals surface area contributed by atoms with Crippen molar-refractivity contribution >= 4 is 17.6 Å². The third kappa shape index (κ3) is 5.52. The van der Waals surface area contributed by atoms with Gasteiger partial charge in [0, 0.05) is 5.56 Å². The molecule has 1 atom stereocenters. The minimum Gasteiger partial charge on any atom is -0.326 e. The molecule has 0 heterocycles. The number of rotatable bonds is 5.